The predicted octanol–water partition coefficient (Wildman–Crippen LogP) is 2.36. The maximum Gasteiger partial charge on any atom is 0.0565 e. The summed E-state index contributed by atoms with van der Waals surface area (Å²) in [5.41, 5.74) is 4.15. The summed E-state index contributed by atoms with van der Waals surface area (Å²) < 4.78 is 0. The van der Waals surface area contributed by atoms with Crippen LogP contribution >= 0.6 is 11.3 Å². The molecule has 0 bridgehead atoms. The number of hydrazine groups is 1. The van der Waals surface area contributed by atoms with Crippen LogP contribution < -0.4 is 11.3 Å². The van der Waals surface area contributed by atoms with Crippen LogP contribution in [0.2, 0.25) is 0 Å². The molecule has 0 saturated carbocycles. The normalized spacial score (nSPS) is 11.9. The topological polar surface area (TPSA) is 38.0 Å². The second kappa shape index (κ2) is 5.82. The Balaban J connectivity index is 2.61. The standard InChI is InChI=1S/C11H16N2S/c1-3-4-5-6-10(13-12)11-9(2)7-8-14-11/h7-8,10,13H,5-6,12H2,1-2H3. The van der Waals surface area contributed by atoms with Crippen molar-refractivity contribution in [3.05, 3.63) is 21.9 Å². The van der Waals surface area contributed by atoms with Gasteiger partial charge in [0.2, 0.25) is 0 Å². The van der Waals surface area contributed by atoms with Crippen LogP contribution in [0.4, 0.5) is 0 Å². The molecule has 1 unspecified atom stereocenters. The molecule has 1 aromatic heterocycles. The zero-order valence-corrected chi connectivity index (χ0v) is 9.45. The largest absolute Gasteiger partial charge is 0.271 e. The molecule has 0 saturated heterocycles. The summed E-state index contributed by atoms with van der Waals surface area (Å²) in [7, 11) is 0. The lowest BCUT2D eigenvalue weighted by atomic mass is 10.1. The van der Waals surface area contributed by atoms with E-state index in [1.165, 1.54) is 10.4 Å². The van der Waals surface area contributed by atoms with Crippen molar-refractivity contribution in [2.45, 2.75) is 32.7 Å². The quantitative estimate of drug-likeness (QED) is 0.453. The summed E-state index contributed by atoms with van der Waals surface area (Å²) >= 11 is 1.75. The number of rotatable bonds is 4. The Morgan fingerprint density at radius 1 is 1.64 bits per heavy atom. The number of nitrogens with one attached hydrogen (secondary N) is 1. The van der Waals surface area contributed by atoms with Gasteiger partial charge in [-0.05, 0) is 37.3 Å². The fourth-order valence-electron chi connectivity index (χ4n) is 1.37. The van der Waals surface area contributed by atoms with E-state index in [4.69, 9.17) is 5.84 Å². The molecule has 0 aromatic carbocycles. The number of thiophene rings is 1. The van der Waals surface area contributed by atoms with Gasteiger partial charge in [-0.25, -0.2) is 0 Å². The fourth-order valence-corrected chi connectivity index (χ4v) is 2.40. The van der Waals surface area contributed by atoms with Gasteiger partial charge in [-0.3, -0.25) is 11.3 Å². The molecular weight excluding hydrogens is 192 g/mol. The van der Waals surface area contributed by atoms with E-state index in [2.05, 4.69) is 35.6 Å². The first-order valence-electron chi connectivity index (χ1n) is 4.69. The minimum absolute atomic E-state index is 0.246. The van der Waals surface area contributed by atoms with Crippen molar-refractivity contribution >= 4 is 11.3 Å². The van der Waals surface area contributed by atoms with Gasteiger partial charge in [-0.2, -0.15) is 0 Å². The van der Waals surface area contributed by atoms with Crippen molar-refractivity contribution in [1.29, 1.82) is 0 Å². The van der Waals surface area contributed by atoms with Crippen LogP contribution in [0.3, 0.4) is 0 Å². The van der Waals surface area contributed by atoms with E-state index in [0.29, 0.717) is 0 Å². The molecule has 2 nitrogen and oxygen atoms in total. The molecule has 0 aliphatic carbocycles. The monoisotopic (exact) mass is 208 g/mol. The van der Waals surface area contributed by atoms with E-state index in [9.17, 15) is 0 Å². The van der Waals surface area contributed by atoms with Crippen molar-refractivity contribution < 1.29 is 0 Å². The van der Waals surface area contributed by atoms with Gasteiger partial charge >= 0.3 is 0 Å². The third-order valence-electron chi connectivity index (χ3n) is 2.15. The molecule has 1 aromatic rings. The van der Waals surface area contributed by atoms with Crippen molar-refractivity contribution in [2.75, 3.05) is 0 Å². The molecular formula is C11H16N2S. The van der Waals surface area contributed by atoms with Crippen LogP contribution in [0.1, 0.15) is 36.2 Å². The molecule has 0 aliphatic rings. The summed E-state index contributed by atoms with van der Waals surface area (Å²) in [6.45, 7) is 3.98. The minimum Gasteiger partial charge on any atom is -0.271 e. The number of hydrogen-bond acceptors (Lipinski definition) is 3. The van der Waals surface area contributed by atoms with E-state index < -0.39 is 0 Å². The van der Waals surface area contributed by atoms with Crippen molar-refractivity contribution in [3.8, 4) is 11.8 Å². The molecule has 1 heterocycles. The SMILES string of the molecule is CC#CCCC(NN)c1sccc1C. The maximum absolute atomic E-state index is 5.52. The number of hydrogen-bond donors (Lipinski definition) is 2. The highest BCUT2D eigenvalue weighted by Crippen LogP contribution is 2.26. The Morgan fingerprint density at radius 3 is 2.93 bits per heavy atom. The Labute approximate surface area is 89.5 Å². The maximum atomic E-state index is 5.52. The van der Waals surface area contributed by atoms with E-state index in [0.717, 1.165) is 12.8 Å². The van der Waals surface area contributed by atoms with Crippen LogP contribution in [0.5, 0.6) is 0 Å². The van der Waals surface area contributed by atoms with E-state index in [1.807, 2.05) is 6.92 Å². The van der Waals surface area contributed by atoms with Gasteiger partial charge in [-0.15, -0.1) is 23.2 Å². The Bertz CT molecular complexity index is 333. The van der Waals surface area contributed by atoms with Gasteiger partial charge < -0.3 is 0 Å². The Morgan fingerprint density at radius 2 is 2.43 bits per heavy atom. The molecule has 1 atom stereocenters. The summed E-state index contributed by atoms with van der Waals surface area (Å²) in [6, 6.07) is 2.37. The average Bonchev–Trinajstić information content (AvgIpc) is 2.60. The van der Waals surface area contributed by atoms with Crippen LogP contribution in [0.25, 0.3) is 0 Å². The van der Waals surface area contributed by atoms with Crippen molar-refractivity contribution in [2.24, 2.45) is 5.84 Å². The second-order valence-corrected chi connectivity index (χ2v) is 4.10. The molecule has 1 rings (SSSR count). The smallest absolute Gasteiger partial charge is 0.0565 e. The molecule has 3 N–H and O–H groups in total. The minimum atomic E-state index is 0.246. The summed E-state index contributed by atoms with van der Waals surface area (Å²) in [5, 5.41) is 2.10. The third kappa shape index (κ3) is 2.85. The van der Waals surface area contributed by atoms with E-state index in [1.54, 1.807) is 11.3 Å². The summed E-state index contributed by atoms with van der Waals surface area (Å²) in [4.78, 5) is 1.32. The Kier molecular flexibility index (Phi) is 4.68. The first-order chi connectivity index (χ1) is 6.79. The van der Waals surface area contributed by atoms with Crippen LogP contribution in [0, 0.1) is 18.8 Å². The lowest BCUT2D eigenvalue weighted by molar-refractivity contribution is 0.530. The lowest BCUT2D eigenvalue weighted by Crippen LogP contribution is -2.27. The highest BCUT2D eigenvalue weighted by molar-refractivity contribution is 7.10. The first kappa shape index (κ1) is 11.3. The zero-order valence-electron chi connectivity index (χ0n) is 8.63. The number of nitrogens with two attached hydrogens (primary N) is 1. The second-order valence-electron chi connectivity index (χ2n) is 3.15. The molecule has 0 aliphatic heterocycles. The first-order valence-corrected chi connectivity index (χ1v) is 5.57. The van der Waals surface area contributed by atoms with Gasteiger partial charge in [0.1, 0.15) is 0 Å². The van der Waals surface area contributed by atoms with Gasteiger partial charge in [0.05, 0.1) is 6.04 Å². The average molecular weight is 208 g/mol. The van der Waals surface area contributed by atoms with Gasteiger partial charge in [0.15, 0.2) is 0 Å². The van der Waals surface area contributed by atoms with Crippen LogP contribution in [0.15, 0.2) is 11.4 Å². The predicted molar refractivity (Wildman–Crippen MR) is 61.8 cm³/mol. The molecule has 0 fully saturated rings. The molecule has 0 amide bonds. The van der Waals surface area contributed by atoms with Crippen LogP contribution in [-0.2, 0) is 0 Å². The van der Waals surface area contributed by atoms with Crippen molar-refractivity contribution in [3.63, 3.8) is 0 Å². The molecule has 76 valence electrons. The van der Waals surface area contributed by atoms with Gasteiger partial charge in [-0.1, -0.05) is 0 Å². The van der Waals surface area contributed by atoms with Crippen LogP contribution in [-0.4, -0.2) is 0 Å². The van der Waals surface area contributed by atoms with E-state index >= 15 is 0 Å². The molecule has 0 radical (unpaired) electrons. The molecule has 3 heteroatoms. The Hall–Kier alpha value is -0.820. The molecule has 14 heavy (non-hydrogen) atoms. The van der Waals surface area contributed by atoms with Gasteiger partial charge in [0.25, 0.3) is 0 Å². The third-order valence-corrected chi connectivity index (χ3v) is 3.29. The fraction of sp³-hybridized carbons (Fsp3) is 0.455. The van der Waals surface area contributed by atoms with Crippen molar-refractivity contribution in [1.82, 2.24) is 5.43 Å². The highest BCUT2D eigenvalue weighted by atomic mass is 32.1. The summed E-state index contributed by atoms with van der Waals surface area (Å²) in [6.07, 6.45) is 1.86. The van der Waals surface area contributed by atoms with Gasteiger partial charge in [0, 0.05) is 11.3 Å². The summed E-state index contributed by atoms with van der Waals surface area (Å²) in [5.74, 6) is 11.5. The lowest BCUT2D eigenvalue weighted by Gasteiger charge is -2.13. The highest BCUT2D eigenvalue weighted by Gasteiger charge is 2.12. The molecule has 0 spiro atoms. The number of aryl methyl sites for hydroxylation is 1. The zero-order chi connectivity index (χ0) is 10.4. The van der Waals surface area contributed by atoms with E-state index in [-0.39, 0.29) is 6.04 Å².